The van der Waals surface area contributed by atoms with Gasteiger partial charge in [-0.3, -0.25) is 0 Å². The van der Waals surface area contributed by atoms with Crippen LogP contribution < -0.4 is 4.74 Å². The van der Waals surface area contributed by atoms with Crippen molar-refractivity contribution in [2.75, 3.05) is 6.61 Å². The third-order valence-corrected chi connectivity index (χ3v) is 7.52. The maximum absolute atomic E-state index is 15.2. The van der Waals surface area contributed by atoms with Crippen molar-refractivity contribution in [3.05, 3.63) is 52.6 Å². The molecule has 2 aromatic carbocycles. The molecule has 0 aromatic heterocycles. The third-order valence-electron chi connectivity index (χ3n) is 7.08. The highest BCUT2D eigenvalue weighted by atomic mass is 31.0. The first-order valence-electron chi connectivity index (χ1n) is 11.8. The second-order valence-corrected chi connectivity index (χ2v) is 9.70. The van der Waals surface area contributed by atoms with Gasteiger partial charge in [0.25, 0.3) is 0 Å². The minimum absolute atomic E-state index is 0.0803. The van der Waals surface area contributed by atoms with E-state index >= 15 is 8.78 Å². The number of hydrogen-bond acceptors (Lipinski definition) is 1. The molecule has 1 aliphatic rings. The zero-order chi connectivity index (χ0) is 22.5. The predicted molar refractivity (Wildman–Crippen MR) is 130 cm³/mol. The second-order valence-electron chi connectivity index (χ2n) is 9.29. The van der Waals surface area contributed by atoms with Crippen LogP contribution in [0.15, 0.2) is 24.3 Å². The molecule has 0 spiro atoms. The summed E-state index contributed by atoms with van der Waals surface area (Å²) in [4.78, 5) is 0. The monoisotopic (exact) mass is 446 g/mol. The van der Waals surface area contributed by atoms with Gasteiger partial charge in [-0.2, -0.15) is 0 Å². The standard InChI is InChI=1S/C27H37F2OP/c1-5-19(6-2)15-30-26-11-18(4)23(12-22(26)16-31)27-24(28)13-21(14-25(27)29)20-9-7-17(3)8-10-20/h11-14,17,19-20H,5-10,15-16,31H2,1-4H3. The Morgan fingerprint density at radius 3 is 2.16 bits per heavy atom. The molecule has 0 bridgehead atoms. The van der Waals surface area contributed by atoms with Crippen molar-refractivity contribution in [2.45, 2.75) is 78.3 Å². The topological polar surface area (TPSA) is 9.23 Å². The average Bonchev–Trinajstić information content (AvgIpc) is 2.75. The zero-order valence-electron chi connectivity index (χ0n) is 19.4. The molecule has 0 amide bonds. The van der Waals surface area contributed by atoms with Crippen molar-refractivity contribution in [3.8, 4) is 16.9 Å². The molecule has 0 radical (unpaired) electrons. The highest BCUT2D eigenvalue weighted by Gasteiger charge is 2.24. The molecule has 0 saturated heterocycles. The molecule has 1 fully saturated rings. The minimum atomic E-state index is -0.461. The van der Waals surface area contributed by atoms with Gasteiger partial charge in [-0.1, -0.05) is 46.5 Å². The van der Waals surface area contributed by atoms with Gasteiger partial charge in [0.2, 0.25) is 0 Å². The van der Waals surface area contributed by atoms with E-state index in [1.54, 1.807) is 12.1 Å². The minimum Gasteiger partial charge on any atom is -0.493 e. The molecule has 31 heavy (non-hydrogen) atoms. The summed E-state index contributed by atoms with van der Waals surface area (Å²) in [5.41, 5.74) is 3.29. The van der Waals surface area contributed by atoms with Gasteiger partial charge < -0.3 is 4.74 Å². The summed E-state index contributed by atoms with van der Waals surface area (Å²) in [6.07, 6.45) is 7.11. The van der Waals surface area contributed by atoms with Crippen LogP contribution in [0.4, 0.5) is 8.78 Å². The van der Waals surface area contributed by atoms with Crippen LogP contribution in [0.25, 0.3) is 11.1 Å². The second kappa shape index (κ2) is 10.9. The maximum atomic E-state index is 15.2. The van der Waals surface area contributed by atoms with Crippen LogP contribution in [-0.4, -0.2) is 6.61 Å². The van der Waals surface area contributed by atoms with Gasteiger partial charge in [0, 0.05) is 0 Å². The van der Waals surface area contributed by atoms with E-state index in [0.717, 1.165) is 61.0 Å². The lowest BCUT2D eigenvalue weighted by atomic mass is 9.79. The number of benzene rings is 2. The van der Waals surface area contributed by atoms with E-state index in [9.17, 15) is 0 Å². The van der Waals surface area contributed by atoms with Crippen molar-refractivity contribution in [3.63, 3.8) is 0 Å². The van der Waals surface area contributed by atoms with Gasteiger partial charge in [-0.05, 0) is 90.2 Å². The van der Waals surface area contributed by atoms with Crippen molar-refractivity contribution in [2.24, 2.45) is 11.8 Å². The number of hydrogen-bond donors (Lipinski definition) is 0. The molecule has 0 heterocycles. The van der Waals surface area contributed by atoms with Gasteiger partial charge >= 0.3 is 0 Å². The lowest BCUT2D eigenvalue weighted by Gasteiger charge is -2.27. The largest absolute Gasteiger partial charge is 0.493 e. The quantitative estimate of drug-likeness (QED) is 0.370. The smallest absolute Gasteiger partial charge is 0.134 e. The molecule has 170 valence electrons. The Morgan fingerprint density at radius 2 is 1.61 bits per heavy atom. The van der Waals surface area contributed by atoms with E-state index in [4.69, 9.17) is 4.74 Å². The molecule has 1 saturated carbocycles. The fourth-order valence-corrected chi connectivity index (χ4v) is 5.02. The van der Waals surface area contributed by atoms with Gasteiger partial charge in [0.05, 0.1) is 12.2 Å². The van der Waals surface area contributed by atoms with Crippen molar-refractivity contribution >= 4 is 9.24 Å². The van der Waals surface area contributed by atoms with E-state index < -0.39 is 11.6 Å². The molecule has 0 aliphatic heterocycles. The zero-order valence-corrected chi connectivity index (χ0v) is 20.6. The molecule has 0 N–H and O–H groups in total. The Labute approximate surface area is 189 Å². The van der Waals surface area contributed by atoms with E-state index in [1.165, 1.54) is 0 Å². The van der Waals surface area contributed by atoms with E-state index in [1.807, 2.05) is 19.1 Å². The first-order valence-corrected chi connectivity index (χ1v) is 12.6. The molecule has 1 nitrogen and oxygen atoms in total. The number of ether oxygens (including phenoxy) is 1. The van der Waals surface area contributed by atoms with Crippen LogP contribution in [0, 0.1) is 30.4 Å². The summed E-state index contributed by atoms with van der Waals surface area (Å²) in [7, 11) is 2.70. The first kappa shape index (κ1) is 24.2. The Morgan fingerprint density at radius 1 is 1.00 bits per heavy atom. The molecular weight excluding hydrogens is 409 g/mol. The van der Waals surface area contributed by atoms with E-state index in [-0.39, 0.29) is 11.5 Å². The SMILES string of the molecule is CCC(CC)COc1cc(C)c(-c2c(F)cc(C3CCC(C)CC3)cc2F)cc1CP. The van der Waals surface area contributed by atoms with Gasteiger partial charge in [-0.15, -0.1) is 9.24 Å². The third kappa shape index (κ3) is 5.67. The molecule has 1 aliphatic carbocycles. The van der Waals surface area contributed by atoms with Crippen LogP contribution in [0.5, 0.6) is 5.75 Å². The van der Waals surface area contributed by atoms with E-state index in [0.29, 0.717) is 30.2 Å². The van der Waals surface area contributed by atoms with Crippen molar-refractivity contribution in [1.82, 2.24) is 0 Å². The summed E-state index contributed by atoms with van der Waals surface area (Å²) >= 11 is 0. The molecule has 1 atom stereocenters. The first-order chi connectivity index (χ1) is 14.9. The lowest BCUT2D eigenvalue weighted by molar-refractivity contribution is 0.239. The Hall–Kier alpha value is -1.47. The maximum Gasteiger partial charge on any atom is 0.134 e. The number of aryl methyl sites for hydroxylation is 1. The fraction of sp³-hybridized carbons (Fsp3) is 0.556. The Kier molecular flexibility index (Phi) is 8.50. The van der Waals surface area contributed by atoms with Gasteiger partial charge in [0.1, 0.15) is 17.4 Å². The molecule has 3 rings (SSSR count). The average molecular weight is 447 g/mol. The van der Waals surface area contributed by atoms with Gasteiger partial charge in [-0.25, -0.2) is 8.78 Å². The molecular formula is C27H37F2OP. The number of halogens is 2. The van der Waals surface area contributed by atoms with Crippen molar-refractivity contribution < 1.29 is 13.5 Å². The molecule has 1 unspecified atom stereocenters. The van der Waals surface area contributed by atoms with Gasteiger partial charge in [0.15, 0.2) is 0 Å². The van der Waals surface area contributed by atoms with Crippen LogP contribution in [0.3, 0.4) is 0 Å². The number of rotatable bonds is 8. The Balaban J connectivity index is 1.91. The summed E-state index contributed by atoms with van der Waals surface area (Å²) in [6.45, 7) is 9.17. The molecule has 4 heteroatoms. The van der Waals surface area contributed by atoms with Crippen LogP contribution in [0.2, 0.25) is 0 Å². The highest BCUT2D eigenvalue weighted by molar-refractivity contribution is 7.15. The van der Waals surface area contributed by atoms with Crippen LogP contribution >= 0.6 is 9.24 Å². The lowest BCUT2D eigenvalue weighted by Crippen LogP contribution is -2.12. The normalized spacial score (nSPS) is 19.1. The van der Waals surface area contributed by atoms with E-state index in [2.05, 4.69) is 30.0 Å². The summed E-state index contributed by atoms with van der Waals surface area (Å²) in [5, 5.41) is 0. The Bertz CT molecular complexity index is 860. The van der Waals surface area contributed by atoms with Crippen LogP contribution in [-0.2, 0) is 6.16 Å². The fourth-order valence-electron chi connectivity index (χ4n) is 4.70. The van der Waals surface area contributed by atoms with Crippen LogP contribution in [0.1, 0.15) is 81.9 Å². The summed E-state index contributed by atoms with van der Waals surface area (Å²) < 4.78 is 36.5. The van der Waals surface area contributed by atoms with Crippen molar-refractivity contribution in [1.29, 1.82) is 0 Å². The predicted octanol–water partition coefficient (Wildman–Crippen LogP) is 8.42. The summed E-state index contributed by atoms with van der Waals surface area (Å²) in [5.74, 6) is 1.39. The molecule has 2 aromatic rings. The highest BCUT2D eigenvalue weighted by Crippen LogP contribution is 2.40. The summed E-state index contributed by atoms with van der Waals surface area (Å²) in [6, 6.07) is 6.97.